The Morgan fingerprint density at radius 1 is 1.11 bits per heavy atom. The standard InChI is InChI=1S/C22H25NO4/c1-4-16(2)19-7-5-6-8-20(19)23-21(24)15-27-22(25)14-11-17-9-12-18(26-3)13-10-17/h5-14,16H,4,15H2,1-3H3,(H,23,24)/b14-11+/t16-/m0/s1. The summed E-state index contributed by atoms with van der Waals surface area (Å²) in [7, 11) is 1.59. The molecule has 0 aliphatic heterocycles. The molecular formula is C22H25NO4. The third-order valence-electron chi connectivity index (χ3n) is 4.25. The molecule has 0 saturated heterocycles. The van der Waals surface area contributed by atoms with Crippen LogP contribution < -0.4 is 10.1 Å². The third kappa shape index (κ3) is 6.29. The third-order valence-corrected chi connectivity index (χ3v) is 4.25. The van der Waals surface area contributed by atoms with Crippen LogP contribution in [0.3, 0.4) is 0 Å². The number of methoxy groups -OCH3 is 1. The van der Waals surface area contributed by atoms with Gasteiger partial charge in [-0.15, -0.1) is 0 Å². The van der Waals surface area contributed by atoms with E-state index < -0.39 is 5.97 Å². The molecular weight excluding hydrogens is 342 g/mol. The van der Waals surface area contributed by atoms with Gasteiger partial charge in [0, 0.05) is 11.8 Å². The Labute approximate surface area is 160 Å². The zero-order valence-corrected chi connectivity index (χ0v) is 15.9. The summed E-state index contributed by atoms with van der Waals surface area (Å²) in [6, 6.07) is 14.9. The average molecular weight is 367 g/mol. The number of carbonyl (C=O) groups is 2. The lowest BCUT2D eigenvalue weighted by molar-refractivity contribution is -0.142. The molecule has 0 radical (unpaired) electrons. The van der Waals surface area contributed by atoms with Gasteiger partial charge in [0.05, 0.1) is 7.11 Å². The lowest BCUT2D eigenvalue weighted by Gasteiger charge is -2.15. The highest BCUT2D eigenvalue weighted by Crippen LogP contribution is 2.26. The van der Waals surface area contributed by atoms with Gasteiger partial charge in [-0.2, -0.15) is 0 Å². The molecule has 0 unspecified atom stereocenters. The number of benzene rings is 2. The second-order valence-electron chi connectivity index (χ2n) is 6.16. The highest BCUT2D eigenvalue weighted by molar-refractivity contribution is 5.95. The summed E-state index contributed by atoms with van der Waals surface area (Å²) >= 11 is 0. The van der Waals surface area contributed by atoms with Gasteiger partial charge in [0.2, 0.25) is 0 Å². The van der Waals surface area contributed by atoms with E-state index in [9.17, 15) is 9.59 Å². The van der Waals surface area contributed by atoms with Crippen molar-refractivity contribution in [1.29, 1.82) is 0 Å². The molecule has 5 heteroatoms. The monoisotopic (exact) mass is 367 g/mol. The first-order chi connectivity index (χ1) is 13.0. The number of carbonyl (C=O) groups excluding carboxylic acids is 2. The van der Waals surface area contributed by atoms with Crippen LogP contribution in [-0.4, -0.2) is 25.6 Å². The average Bonchev–Trinajstić information content (AvgIpc) is 2.71. The van der Waals surface area contributed by atoms with Crippen molar-refractivity contribution in [2.75, 3.05) is 19.0 Å². The van der Waals surface area contributed by atoms with E-state index >= 15 is 0 Å². The van der Waals surface area contributed by atoms with Gasteiger partial charge in [-0.3, -0.25) is 4.79 Å². The van der Waals surface area contributed by atoms with E-state index in [2.05, 4.69) is 19.2 Å². The molecule has 2 rings (SSSR count). The van der Waals surface area contributed by atoms with Gasteiger partial charge >= 0.3 is 5.97 Å². The predicted octanol–water partition coefficient (Wildman–Crippen LogP) is 4.40. The second kappa shape index (κ2) is 10.2. The van der Waals surface area contributed by atoms with Crippen molar-refractivity contribution in [3.8, 4) is 5.75 Å². The van der Waals surface area contributed by atoms with Crippen molar-refractivity contribution in [2.24, 2.45) is 0 Å². The van der Waals surface area contributed by atoms with Crippen molar-refractivity contribution in [1.82, 2.24) is 0 Å². The van der Waals surface area contributed by atoms with Gasteiger partial charge in [-0.25, -0.2) is 4.79 Å². The molecule has 1 amide bonds. The number of amides is 1. The van der Waals surface area contributed by atoms with Crippen molar-refractivity contribution in [3.63, 3.8) is 0 Å². The maximum absolute atomic E-state index is 12.1. The maximum atomic E-state index is 12.1. The largest absolute Gasteiger partial charge is 0.497 e. The Kier molecular flexibility index (Phi) is 7.62. The Hall–Kier alpha value is -3.08. The molecule has 2 aromatic rings. The first-order valence-electron chi connectivity index (χ1n) is 8.91. The zero-order chi connectivity index (χ0) is 19.6. The lowest BCUT2D eigenvalue weighted by Crippen LogP contribution is -2.21. The normalized spacial score (nSPS) is 11.8. The Morgan fingerprint density at radius 2 is 1.81 bits per heavy atom. The molecule has 0 saturated carbocycles. The van der Waals surface area contributed by atoms with Crippen molar-refractivity contribution < 1.29 is 19.1 Å². The molecule has 0 heterocycles. The van der Waals surface area contributed by atoms with Crippen LogP contribution in [0.5, 0.6) is 5.75 Å². The summed E-state index contributed by atoms with van der Waals surface area (Å²) in [6.07, 6.45) is 3.89. The van der Waals surface area contributed by atoms with Crippen LogP contribution in [-0.2, 0) is 14.3 Å². The van der Waals surface area contributed by atoms with Crippen molar-refractivity contribution in [3.05, 3.63) is 65.7 Å². The highest BCUT2D eigenvalue weighted by Gasteiger charge is 2.12. The quantitative estimate of drug-likeness (QED) is 0.555. The van der Waals surface area contributed by atoms with Crippen LogP contribution in [0.25, 0.3) is 6.08 Å². The van der Waals surface area contributed by atoms with E-state index in [1.807, 2.05) is 36.4 Å². The minimum atomic E-state index is -0.573. The predicted molar refractivity (Wildman–Crippen MR) is 107 cm³/mol. The number of para-hydroxylation sites is 1. The SMILES string of the molecule is CC[C@H](C)c1ccccc1NC(=O)COC(=O)/C=C/c1ccc(OC)cc1. The summed E-state index contributed by atoms with van der Waals surface area (Å²) < 4.78 is 10.1. The second-order valence-corrected chi connectivity index (χ2v) is 6.16. The number of ether oxygens (including phenoxy) is 2. The summed E-state index contributed by atoms with van der Waals surface area (Å²) in [5.41, 5.74) is 2.65. The fraction of sp³-hybridized carbons (Fsp3) is 0.273. The van der Waals surface area contributed by atoms with Gasteiger partial charge in [0.1, 0.15) is 5.75 Å². The highest BCUT2D eigenvalue weighted by atomic mass is 16.5. The Bertz CT molecular complexity index is 796. The molecule has 142 valence electrons. The molecule has 5 nitrogen and oxygen atoms in total. The minimum absolute atomic E-state index is 0.330. The van der Waals surface area contributed by atoms with Crippen LogP contribution in [0.2, 0.25) is 0 Å². The summed E-state index contributed by atoms with van der Waals surface area (Å²) in [5.74, 6) is 0.133. The molecule has 0 bridgehead atoms. The minimum Gasteiger partial charge on any atom is -0.497 e. The van der Waals surface area contributed by atoms with Crippen molar-refractivity contribution >= 4 is 23.6 Å². The molecule has 1 N–H and O–H groups in total. The van der Waals surface area contributed by atoms with Crippen LogP contribution in [0.1, 0.15) is 37.3 Å². The smallest absolute Gasteiger partial charge is 0.331 e. The van der Waals surface area contributed by atoms with Crippen molar-refractivity contribution in [2.45, 2.75) is 26.2 Å². The van der Waals surface area contributed by atoms with Crippen LogP contribution in [0.4, 0.5) is 5.69 Å². The van der Waals surface area contributed by atoms with E-state index in [4.69, 9.17) is 9.47 Å². The molecule has 1 atom stereocenters. The molecule has 0 aliphatic rings. The lowest BCUT2D eigenvalue weighted by atomic mass is 9.97. The van der Waals surface area contributed by atoms with E-state index in [1.165, 1.54) is 6.08 Å². The van der Waals surface area contributed by atoms with E-state index in [1.54, 1.807) is 25.3 Å². The van der Waals surface area contributed by atoms with E-state index in [0.29, 0.717) is 5.92 Å². The molecule has 0 aromatic heterocycles. The Morgan fingerprint density at radius 3 is 2.48 bits per heavy atom. The molecule has 27 heavy (non-hydrogen) atoms. The zero-order valence-electron chi connectivity index (χ0n) is 15.9. The fourth-order valence-electron chi connectivity index (χ4n) is 2.51. The topological polar surface area (TPSA) is 64.6 Å². The fourth-order valence-corrected chi connectivity index (χ4v) is 2.51. The number of hydrogen-bond acceptors (Lipinski definition) is 4. The Balaban J connectivity index is 1.86. The van der Waals surface area contributed by atoms with Gasteiger partial charge in [-0.05, 0) is 47.7 Å². The van der Waals surface area contributed by atoms with Gasteiger partial charge in [0.15, 0.2) is 6.61 Å². The molecule has 0 spiro atoms. The molecule has 0 fully saturated rings. The van der Waals surface area contributed by atoms with Crippen LogP contribution in [0.15, 0.2) is 54.6 Å². The number of anilines is 1. The van der Waals surface area contributed by atoms with E-state index in [-0.39, 0.29) is 12.5 Å². The number of rotatable bonds is 8. The summed E-state index contributed by atoms with van der Waals surface area (Å²) in [4.78, 5) is 23.9. The maximum Gasteiger partial charge on any atom is 0.331 e. The molecule has 0 aliphatic carbocycles. The first-order valence-corrected chi connectivity index (χ1v) is 8.91. The van der Waals surface area contributed by atoms with E-state index in [0.717, 1.165) is 29.0 Å². The van der Waals surface area contributed by atoms with Gasteiger partial charge in [-0.1, -0.05) is 44.2 Å². The summed E-state index contributed by atoms with van der Waals surface area (Å²) in [6.45, 7) is 3.87. The first kappa shape index (κ1) is 20.2. The number of nitrogens with one attached hydrogen (secondary N) is 1. The summed E-state index contributed by atoms with van der Waals surface area (Å²) in [5, 5.41) is 2.81. The van der Waals surface area contributed by atoms with Gasteiger partial charge in [0.25, 0.3) is 5.91 Å². The van der Waals surface area contributed by atoms with Crippen LogP contribution in [0, 0.1) is 0 Å². The van der Waals surface area contributed by atoms with Gasteiger partial charge < -0.3 is 14.8 Å². The molecule has 2 aromatic carbocycles. The number of hydrogen-bond donors (Lipinski definition) is 1. The van der Waals surface area contributed by atoms with Crippen LogP contribution >= 0.6 is 0 Å². The number of esters is 1.